The Morgan fingerprint density at radius 1 is 1.56 bits per heavy atom. The lowest BCUT2D eigenvalue weighted by Gasteiger charge is -2.38. The molecule has 1 aliphatic rings. The van der Waals surface area contributed by atoms with E-state index in [1.165, 1.54) is 0 Å². The monoisotopic (exact) mass is 266 g/mol. The molecule has 0 aromatic heterocycles. The third-order valence-electron chi connectivity index (χ3n) is 2.67. The van der Waals surface area contributed by atoms with Crippen LogP contribution in [0.3, 0.4) is 0 Å². The molecule has 0 radical (unpaired) electrons. The molecule has 96 valence electrons. The van der Waals surface area contributed by atoms with Gasteiger partial charge in [-0.1, -0.05) is 6.92 Å². The number of rotatable bonds is 3. The van der Waals surface area contributed by atoms with Crippen molar-refractivity contribution in [1.82, 2.24) is 10.2 Å². The first-order valence-electron chi connectivity index (χ1n) is 5.53. The Hall–Kier alpha value is 0.0700. The van der Waals surface area contributed by atoms with E-state index in [0.717, 1.165) is 25.4 Å². The Balaban J connectivity index is 0.00000225. The van der Waals surface area contributed by atoms with Crippen LogP contribution in [-0.2, 0) is 4.79 Å². The average Bonchev–Trinajstić information content (AvgIpc) is 2.15. The van der Waals surface area contributed by atoms with E-state index in [9.17, 15) is 4.79 Å². The van der Waals surface area contributed by atoms with Crippen LogP contribution in [-0.4, -0.2) is 48.0 Å². The van der Waals surface area contributed by atoms with Gasteiger partial charge in [0.1, 0.15) is 0 Å². The summed E-state index contributed by atoms with van der Waals surface area (Å²) in [5, 5.41) is 3.06. The molecule has 1 N–H and O–H groups in total. The van der Waals surface area contributed by atoms with E-state index in [0.29, 0.717) is 0 Å². The maximum Gasteiger partial charge on any atom is 0.226 e. The van der Waals surface area contributed by atoms with Crippen LogP contribution in [0.25, 0.3) is 0 Å². The molecule has 0 bridgehead atoms. The lowest BCUT2D eigenvalue weighted by molar-refractivity contribution is -0.135. The molecule has 0 aromatic rings. The number of nitrogens with zero attached hydrogens (tertiary/aromatic N) is 1. The molecule has 1 amide bonds. The first-order chi connectivity index (χ1) is 6.96. The van der Waals surface area contributed by atoms with Crippen molar-refractivity contribution in [2.75, 3.05) is 32.4 Å². The highest BCUT2D eigenvalue weighted by Gasteiger charge is 2.31. The maximum absolute atomic E-state index is 12.1. The Morgan fingerprint density at radius 3 is 2.69 bits per heavy atom. The summed E-state index contributed by atoms with van der Waals surface area (Å²) in [6.45, 7) is 8.96. The van der Waals surface area contributed by atoms with Gasteiger partial charge in [-0.05, 0) is 20.9 Å². The highest BCUT2D eigenvalue weighted by Crippen LogP contribution is 2.29. The quantitative estimate of drug-likeness (QED) is 0.843. The third-order valence-corrected chi connectivity index (χ3v) is 3.97. The van der Waals surface area contributed by atoms with Crippen molar-refractivity contribution < 1.29 is 4.79 Å². The average molecular weight is 267 g/mol. The molecule has 0 spiro atoms. The van der Waals surface area contributed by atoms with Crippen LogP contribution >= 0.6 is 24.2 Å². The van der Waals surface area contributed by atoms with Crippen molar-refractivity contribution >= 4 is 30.1 Å². The molecule has 5 heteroatoms. The summed E-state index contributed by atoms with van der Waals surface area (Å²) >= 11 is 1.96. The fraction of sp³-hybridized carbons (Fsp3) is 0.909. The molecule has 0 aliphatic carbocycles. The second-order valence-electron chi connectivity index (χ2n) is 4.83. The van der Waals surface area contributed by atoms with Crippen LogP contribution in [0.4, 0.5) is 0 Å². The summed E-state index contributed by atoms with van der Waals surface area (Å²) < 4.78 is 0.216. The molecular formula is C11H23ClN2OS. The smallest absolute Gasteiger partial charge is 0.226 e. The molecular weight excluding hydrogens is 244 g/mol. The summed E-state index contributed by atoms with van der Waals surface area (Å²) in [4.78, 5) is 14.1. The zero-order valence-electron chi connectivity index (χ0n) is 10.6. The topological polar surface area (TPSA) is 32.3 Å². The minimum atomic E-state index is 0. The standard InChI is InChI=1S/C11H22N2OS.ClH/c1-9(7-12-4)10(14)13-5-6-15-11(2,3)8-13;/h9,12H,5-8H2,1-4H3;1H. The van der Waals surface area contributed by atoms with Crippen molar-refractivity contribution in [3.05, 3.63) is 0 Å². The van der Waals surface area contributed by atoms with Gasteiger partial charge >= 0.3 is 0 Å². The molecule has 1 fully saturated rings. The Morgan fingerprint density at radius 2 is 2.19 bits per heavy atom. The summed E-state index contributed by atoms with van der Waals surface area (Å²) in [6, 6.07) is 0. The summed E-state index contributed by atoms with van der Waals surface area (Å²) in [6.07, 6.45) is 0. The third kappa shape index (κ3) is 4.52. The van der Waals surface area contributed by atoms with E-state index in [1.807, 2.05) is 30.6 Å². The Bertz CT molecular complexity index is 236. The van der Waals surface area contributed by atoms with Crippen molar-refractivity contribution in [2.45, 2.75) is 25.5 Å². The predicted octanol–water partition coefficient (Wildman–Crippen LogP) is 1.62. The van der Waals surface area contributed by atoms with Gasteiger partial charge in [0.2, 0.25) is 5.91 Å². The molecule has 1 aliphatic heterocycles. The normalized spacial score (nSPS) is 21.1. The van der Waals surface area contributed by atoms with E-state index in [1.54, 1.807) is 0 Å². The minimum Gasteiger partial charge on any atom is -0.340 e. The van der Waals surface area contributed by atoms with Gasteiger partial charge in [0.25, 0.3) is 0 Å². The van der Waals surface area contributed by atoms with Crippen LogP contribution in [0.1, 0.15) is 20.8 Å². The molecule has 0 saturated carbocycles. The lowest BCUT2D eigenvalue weighted by atomic mass is 10.1. The second kappa shape index (κ2) is 6.72. The fourth-order valence-electron chi connectivity index (χ4n) is 1.91. The van der Waals surface area contributed by atoms with Gasteiger partial charge in [-0.3, -0.25) is 4.79 Å². The van der Waals surface area contributed by atoms with Gasteiger partial charge in [0, 0.05) is 36.1 Å². The zero-order valence-corrected chi connectivity index (χ0v) is 12.2. The first-order valence-corrected chi connectivity index (χ1v) is 6.52. The van der Waals surface area contributed by atoms with Gasteiger partial charge in [0.05, 0.1) is 0 Å². The largest absolute Gasteiger partial charge is 0.340 e. The second-order valence-corrected chi connectivity index (χ2v) is 6.63. The highest BCUT2D eigenvalue weighted by atomic mass is 35.5. The van der Waals surface area contributed by atoms with Crippen LogP contribution in [0.2, 0.25) is 0 Å². The molecule has 1 atom stereocenters. The minimum absolute atomic E-state index is 0. The number of amides is 1. The number of thioether (sulfide) groups is 1. The molecule has 1 saturated heterocycles. The van der Waals surface area contributed by atoms with E-state index in [4.69, 9.17) is 0 Å². The summed E-state index contributed by atoms with van der Waals surface area (Å²) in [5.74, 6) is 1.44. The zero-order chi connectivity index (χ0) is 11.5. The molecule has 3 nitrogen and oxygen atoms in total. The van der Waals surface area contributed by atoms with Gasteiger partial charge < -0.3 is 10.2 Å². The van der Waals surface area contributed by atoms with Crippen molar-refractivity contribution in [2.24, 2.45) is 5.92 Å². The highest BCUT2D eigenvalue weighted by molar-refractivity contribution is 8.00. The molecule has 0 aromatic carbocycles. The number of carbonyl (C=O) groups is 1. The van der Waals surface area contributed by atoms with Gasteiger partial charge in [-0.25, -0.2) is 0 Å². The number of carbonyl (C=O) groups excluding carboxylic acids is 1. The van der Waals surface area contributed by atoms with Crippen molar-refractivity contribution in [1.29, 1.82) is 0 Å². The van der Waals surface area contributed by atoms with E-state index in [2.05, 4.69) is 19.2 Å². The molecule has 16 heavy (non-hydrogen) atoms. The van der Waals surface area contributed by atoms with Gasteiger partial charge in [0.15, 0.2) is 0 Å². The Labute approximate surface area is 109 Å². The lowest BCUT2D eigenvalue weighted by Crippen LogP contribution is -2.49. The number of hydrogen-bond acceptors (Lipinski definition) is 3. The van der Waals surface area contributed by atoms with Crippen LogP contribution in [0.15, 0.2) is 0 Å². The Kier molecular flexibility index (Phi) is 6.75. The number of nitrogens with one attached hydrogen (secondary N) is 1. The van der Waals surface area contributed by atoms with E-state index < -0.39 is 0 Å². The first kappa shape index (κ1) is 16.1. The van der Waals surface area contributed by atoms with E-state index >= 15 is 0 Å². The van der Waals surface area contributed by atoms with E-state index in [-0.39, 0.29) is 29.0 Å². The molecule has 1 heterocycles. The molecule has 1 unspecified atom stereocenters. The van der Waals surface area contributed by atoms with Crippen LogP contribution < -0.4 is 5.32 Å². The number of hydrogen-bond donors (Lipinski definition) is 1. The molecule has 1 rings (SSSR count). The summed E-state index contributed by atoms with van der Waals surface area (Å²) in [5.41, 5.74) is 0. The van der Waals surface area contributed by atoms with Crippen molar-refractivity contribution in [3.8, 4) is 0 Å². The van der Waals surface area contributed by atoms with Crippen molar-refractivity contribution in [3.63, 3.8) is 0 Å². The number of halogens is 1. The van der Waals surface area contributed by atoms with Crippen LogP contribution in [0.5, 0.6) is 0 Å². The SMILES string of the molecule is CNCC(C)C(=O)N1CCSC(C)(C)C1.Cl. The predicted molar refractivity (Wildman–Crippen MR) is 73.5 cm³/mol. The fourth-order valence-corrected chi connectivity index (χ4v) is 3.02. The van der Waals surface area contributed by atoms with Crippen LogP contribution in [0, 0.1) is 5.92 Å². The van der Waals surface area contributed by atoms with Gasteiger partial charge in [-0.15, -0.1) is 12.4 Å². The summed E-state index contributed by atoms with van der Waals surface area (Å²) in [7, 11) is 1.89. The van der Waals surface area contributed by atoms with Gasteiger partial charge in [-0.2, -0.15) is 11.8 Å². The maximum atomic E-state index is 12.1.